The normalized spacial score (nSPS) is 10.8. The summed E-state index contributed by atoms with van der Waals surface area (Å²) in [6, 6.07) is 34.7. The van der Waals surface area contributed by atoms with Gasteiger partial charge in [-0.3, -0.25) is 0 Å². The predicted octanol–water partition coefficient (Wildman–Crippen LogP) is 5.97. The molecule has 154 valence electrons. The van der Waals surface area contributed by atoms with Crippen LogP contribution in [0.2, 0.25) is 0 Å². The van der Waals surface area contributed by atoms with Crippen molar-refractivity contribution in [3.8, 4) is 39.6 Å². The first kappa shape index (κ1) is 19.5. The Kier molecular flexibility index (Phi) is 5.06. The smallest absolute Gasteiger partial charge is 0.335 e. The van der Waals surface area contributed by atoms with E-state index in [1.165, 1.54) is 0 Å². The summed E-state index contributed by atoms with van der Waals surface area (Å²) in [5, 5.41) is 14.0. The number of hydrogen-bond donors (Lipinski definition) is 1. The molecule has 32 heavy (non-hydrogen) atoms. The van der Waals surface area contributed by atoms with Crippen molar-refractivity contribution in [3.63, 3.8) is 0 Å². The summed E-state index contributed by atoms with van der Waals surface area (Å²) in [5.74, 6) is 0.453. The lowest BCUT2D eigenvalue weighted by Gasteiger charge is -2.05. The van der Waals surface area contributed by atoms with Gasteiger partial charge in [0.15, 0.2) is 11.6 Å². The first-order valence-corrected chi connectivity index (χ1v) is 10.2. The lowest BCUT2D eigenvalue weighted by Crippen LogP contribution is -1.99. The van der Waals surface area contributed by atoms with Gasteiger partial charge in [0.05, 0.1) is 11.3 Å². The van der Waals surface area contributed by atoms with E-state index >= 15 is 0 Å². The van der Waals surface area contributed by atoms with Crippen LogP contribution in [0.15, 0.2) is 109 Å². The number of hydrogen-bond acceptors (Lipinski definition) is 3. The topological polar surface area (TPSA) is 68.0 Å². The van der Waals surface area contributed by atoms with Crippen molar-refractivity contribution < 1.29 is 9.90 Å². The molecule has 4 aromatic carbocycles. The highest BCUT2D eigenvalue weighted by molar-refractivity contribution is 5.88. The van der Waals surface area contributed by atoms with E-state index in [2.05, 4.69) is 0 Å². The maximum Gasteiger partial charge on any atom is 0.335 e. The molecule has 0 bridgehead atoms. The van der Waals surface area contributed by atoms with Crippen molar-refractivity contribution >= 4 is 5.97 Å². The molecule has 0 fully saturated rings. The van der Waals surface area contributed by atoms with Gasteiger partial charge >= 0.3 is 5.97 Å². The summed E-state index contributed by atoms with van der Waals surface area (Å²) in [4.78, 5) is 16.0. The molecule has 0 spiro atoms. The van der Waals surface area contributed by atoms with E-state index in [9.17, 15) is 4.79 Å². The van der Waals surface area contributed by atoms with Crippen LogP contribution >= 0.6 is 0 Å². The van der Waals surface area contributed by atoms with Crippen LogP contribution in [0.4, 0.5) is 0 Å². The molecule has 1 aromatic heterocycles. The average Bonchev–Trinajstić information content (AvgIpc) is 3.31. The zero-order valence-electron chi connectivity index (χ0n) is 17.1. The molecule has 0 aliphatic heterocycles. The highest BCUT2D eigenvalue weighted by Gasteiger charge is 2.15. The standard InChI is InChI=1S/C27H19N3O2/c31-27(32)21-16-14-19(15-17-21)22-10-7-11-23(18-22)25-28-26(20-8-3-1-4-9-20)30(29-25)24-12-5-2-6-13-24/h1-18H,(H,31,32). The number of carboxylic acids is 1. The molecular formula is C27H19N3O2. The quantitative estimate of drug-likeness (QED) is 0.383. The van der Waals surface area contributed by atoms with Crippen LogP contribution in [0, 0.1) is 0 Å². The van der Waals surface area contributed by atoms with Gasteiger partial charge in [0, 0.05) is 11.1 Å². The Hall–Kier alpha value is -4.51. The van der Waals surface area contributed by atoms with Gasteiger partial charge in [0.1, 0.15) is 0 Å². The van der Waals surface area contributed by atoms with Crippen molar-refractivity contribution in [3.05, 3.63) is 115 Å². The number of aromatic carboxylic acids is 1. The van der Waals surface area contributed by atoms with Crippen molar-refractivity contribution in [2.24, 2.45) is 0 Å². The second-order valence-corrected chi connectivity index (χ2v) is 7.34. The number of carbonyl (C=O) groups is 1. The minimum atomic E-state index is -0.936. The zero-order valence-corrected chi connectivity index (χ0v) is 17.1. The van der Waals surface area contributed by atoms with Gasteiger partial charge in [-0.1, -0.05) is 78.9 Å². The molecule has 1 heterocycles. The summed E-state index contributed by atoms with van der Waals surface area (Å²) < 4.78 is 1.86. The van der Waals surface area contributed by atoms with Crippen LogP contribution in [0.3, 0.4) is 0 Å². The molecule has 5 heteroatoms. The van der Waals surface area contributed by atoms with Crippen molar-refractivity contribution in [1.29, 1.82) is 0 Å². The molecule has 0 amide bonds. The first-order chi connectivity index (χ1) is 15.7. The fourth-order valence-corrected chi connectivity index (χ4v) is 3.60. The molecule has 5 rings (SSSR count). The Labute approximate surface area is 185 Å². The third kappa shape index (κ3) is 3.79. The Balaban J connectivity index is 1.59. The van der Waals surface area contributed by atoms with Crippen LogP contribution in [-0.2, 0) is 0 Å². The fraction of sp³-hybridized carbons (Fsp3) is 0. The molecule has 0 radical (unpaired) electrons. The third-order valence-corrected chi connectivity index (χ3v) is 5.23. The van der Waals surface area contributed by atoms with Crippen LogP contribution in [0.5, 0.6) is 0 Å². The Morgan fingerprint density at radius 3 is 1.97 bits per heavy atom. The summed E-state index contributed by atoms with van der Waals surface area (Å²) >= 11 is 0. The fourth-order valence-electron chi connectivity index (χ4n) is 3.60. The molecule has 0 unspecified atom stereocenters. The number of rotatable bonds is 5. The predicted molar refractivity (Wildman–Crippen MR) is 125 cm³/mol. The lowest BCUT2D eigenvalue weighted by atomic mass is 10.0. The van der Waals surface area contributed by atoms with E-state index < -0.39 is 5.97 Å². The first-order valence-electron chi connectivity index (χ1n) is 10.2. The number of carboxylic acid groups (broad SMARTS) is 1. The minimum Gasteiger partial charge on any atom is -0.478 e. The molecule has 0 aliphatic rings. The third-order valence-electron chi connectivity index (χ3n) is 5.23. The van der Waals surface area contributed by atoms with Crippen LogP contribution in [0.1, 0.15) is 10.4 Å². The van der Waals surface area contributed by atoms with E-state index in [0.717, 1.165) is 33.8 Å². The van der Waals surface area contributed by atoms with Gasteiger partial charge in [-0.05, 0) is 41.5 Å². The maximum atomic E-state index is 11.1. The molecule has 5 nitrogen and oxygen atoms in total. The van der Waals surface area contributed by atoms with Gasteiger partial charge in [0.2, 0.25) is 0 Å². The minimum absolute atomic E-state index is 0.265. The molecule has 0 saturated heterocycles. The highest BCUT2D eigenvalue weighted by atomic mass is 16.4. The Morgan fingerprint density at radius 2 is 1.28 bits per heavy atom. The van der Waals surface area contributed by atoms with E-state index in [1.54, 1.807) is 12.1 Å². The number of para-hydroxylation sites is 1. The van der Waals surface area contributed by atoms with Crippen molar-refractivity contribution in [2.45, 2.75) is 0 Å². The molecule has 0 saturated carbocycles. The van der Waals surface area contributed by atoms with Crippen LogP contribution in [-0.4, -0.2) is 25.8 Å². The molecular weight excluding hydrogens is 398 g/mol. The summed E-state index contributed by atoms with van der Waals surface area (Å²) in [6.45, 7) is 0. The van der Waals surface area contributed by atoms with Crippen LogP contribution in [0.25, 0.3) is 39.6 Å². The zero-order chi connectivity index (χ0) is 21.9. The molecule has 0 aliphatic carbocycles. The summed E-state index contributed by atoms with van der Waals surface area (Å²) in [6.07, 6.45) is 0. The van der Waals surface area contributed by atoms with E-state index in [1.807, 2.05) is 102 Å². The van der Waals surface area contributed by atoms with Gasteiger partial charge in [0.25, 0.3) is 0 Å². The second-order valence-electron chi connectivity index (χ2n) is 7.34. The maximum absolute atomic E-state index is 11.1. The second kappa shape index (κ2) is 8.32. The number of benzene rings is 4. The van der Waals surface area contributed by atoms with E-state index in [4.69, 9.17) is 15.2 Å². The van der Waals surface area contributed by atoms with Gasteiger partial charge in [-0.15, -0.1) is 5.10 Å². The van der Waals surface area contributed by atoms with Crippen LogP contribution < -0.4 is 0 Å². The van der Waals surface area contributed by atoms with E-state index in [-0.39, 0.29) is 5.56 Å². The van der Waals surface area contributed by atoms with Crippen molar-refractivity contribution in [2.75, 3.05) is 0 Å². The summed E-state index contributed by atoms with van der Waals surface area (Å²) in [5.41, 5.74) is 4.97. The monoisotopic (exact) mass is 417 g/mol. The summed E-state index contributed by atoms with van der Waals surface area (Å²) in [7, 11) is 0. The molecule has 1 N–H and O–H groups in total. The largest absolute Gasteiger partial charge is 0.478 e. The van der Waals surface area contributed by atoms with Gasteiger partial charge in [-0.25, -0.2) is 14.5 Å². The number of nitrogens with zero attached hydrogens (tertiary/aromatic N) is 3. The van der Waals surface area contributed by atoms with Gasteiger partial charge < -0.3 is 5.11 Å². The average molecular weight is 417 g/mol. The number of aromatic nitrogens is 3. The van der Waals surface area contributed by atoms with Gasteiger partial charge in [-0.2, -0.15) is 0 Å². The molecule has 0 atom stereocenters. The van der Waals surface area contributed by atoms with Crippen molar-refractivity contribution in [1.82, 2.24) is 14.8 Å². The van der Waals surface area contributed by atoms with E-state index in [0.29, 0.717) is 5.82 Å². The Morgan fingerprint density at radius 1 is 0.656 bits per heavy atom. The SMILES string of the molecule is O=C(O)c1ccc(-c2cccc(-c3nc(-c4ccccc4)n(-c4ccccc4)n3)c2)cc1. The highest BCUT2D eigenvalue weighted by Crippen LogP contribution is 2.28. The molecule has 5 aromatic rings. The lowest BCUT2D eigenvalue weighted by molar-refractivity contribution is 0.0697. The Bertz CT molecular complexity index is 1320.